The van der Waals surface area contributed by atoms with Crippen LogP contribution in [0.1, 0.15) is 51.7 Å². The molecule has 0 unspecified atom stereocenters. The minimum Gasteiger partial charge on any atom is -0.356 e. The first-order valence-electron chi connectivity index (χ1n) is 7.26. The van der Waals surface area contributed by atoms with Crippen LogP contribution in [0.5, 0.6) is 0 Å². The van der Waals surface area contributed by atoms with Crippen molar-refractivity contribution in [3.05, 3.63) is 52.8 Å². The molecule has 0 saturated heterocycles. The van der Waals surface area contributed by atoms with Gasteiger partial charge in [-0.2, -0.15) is 0 Å². The van der Waals surface area contributed by atoms with E-state index in [1.807, 2.05) is 12.1 Å². The average molecular weight is 282 g/mol. The SMILES string of the molecule is CC(=O)c1c[nH]c(C(=O)Nc2cccc3c2CCCC3)c1. The Morgan fingerprint density at radius 2 is 2.00 bits per heavy atom. The van der Waals surface area contributed by atoms with Crippen LogP contribution in [0.25, 0.3) is 0 Å². The highest BCUT2D eigenvalue weighted by atomic mass is 16.2. The zero-order chi connectivity index (χ0) is 14.8. The number of aromatic nitrogens is 1. The molecule has 0 atom stereocenters. The van der Waals surface area contributed by atoms with Crippen molar-refractivity contribution in [1.29, 1.82) is 0 Å². The van der Waals surface area contributed by atoms with Crippen LogP contribution in [0.15, 0.2) is 30.5 Å². The van der Waals surface area contributed by atoms with Gasteiger partial charge in [-0.25, -0.2) is 0 Å². The van der Waals surface area contributed by atoms with Crippen molar-refractivity contribution in [2.75, 3.05) is 5.32 Å². The molecule has 4 nitrogen and oxygen atoms in total. The molecular formula is C17H18N2O2. The van der Waals surface area contributed by atoms with Crippen molar-refractivity contribution >= 4 is 17.4 Å². The summed E-state index contributed by atoms with van der Waals surface area (Å²) >= 11 is 0. The Hall–Kier alpha value is -2.36. The lowest BCUT2D eigenvalue weighted by molar-refractivity contribution is 0.101. The molecule has 108 valence electrons. The number of aromatic amines is 1. The number of anilines is 1. The number of hydrogen-bond acceptors (Lipinski definition) is 2. The van der Waals surface area contributed by atoms with E-state index < -0.39 is 0 Å². The van der Waals surface area contributed by atoms with Crippen LogP contribution in [0, 0.1) is 0 Å². The highest BCUT2D eigenvalue weighted by Gasteiger charge is 2.16. The number of carbonyl (C=O) groups excluding carboxylic acids is 2. The molecule has 0 saturated carbocycles. The first kappa shape index (κ1) is 13.6. The van der Waals surface area contributed by atoms with Gasteiger partial charge < -0.3 is 10.3 Å². The second-order valence-electron chi connectivity index (χ2n) is 5.46. The molecule has 1 aromatic carbocycles. The molecule has 1 amide bonds. The number of Topliss-reactive ketones (excluding diaryl/α,β-unsaturated/α-hetero) is 1. The molecular weight excluding hydrogens is 264 g/mol. The Kier molecular flexibility index (Phi) is 3.60. The van der Waals surface area contributed by atoms with Crippen molar-refractivity contribution < 1.29 is 9.59 Å². The smallest absolute Gasteiger partial charge is 0.272 e. The number of carbonyl (C=O) groups is 2. The molecule has 3 rings (SSSR count). The molecule has 0 aliphatic heterocycles. The van der Waals surface area contributed by atoms with Crippen LogP contribution in [-0.4, -0.2) is 16.7 Å². The maximum Gasteiger partial charge on any atom is 0.272 e. The second-order valence-corrected chi connectivity index (χ2v) is 5.46. The fourth-order valence-corrected chi connectivity index (χ4v) is 2.82. The predicted octanol–water partition coefficient (Wildman–Crippen LogP) is 3.35. The Labute approximate surface area is 123 Å². The van der Waals surface area contributed by atoms with Gasteiger partial charge in [0, 0.05) is 17.4 Å². The average Bonchev–Trinajstić information content (AvgIpc) is 2.98. The van der Waals surface area contributed by atoms with Gasteiger partial charge in [-0.05, 0) is 55.9 Å². The fraction of sp³-hybridized carbons (Fsp3) is 0.294. The summed E-state index contributed by atoms with van der Waals surface area (Å²) in [6, 6.07) is 7.64. The Morgan fingerprint density at radius 3 is 2.76 bits per heavy atom. The summed E-state index contributed by atoms with van der Waals surface area (Å²) in [6.45, 7) is 1.48. The van der Waals surface area contributed by atoms with Gasteiger partial charge in [-0.1, -0.05) is 12.1 Å². The molecule has 21 heavy (non-hydrogen) atoms. The Bertz CT molecular complexity index is 701. The van der Waals surface area contributed by atoms with E-state index in [0.29, 0.717) is 11.3 Å². The topological polar surface area (TPSA) is 62.0 Å². The van der Waals surface area contributed by atoms with Crippen LogP contribution >= 0.6 is 0 Å². The predicted molar refractivity (Wildman–Crippen MR) is 81.8 cm³/mol. The number of hydrogen-bond donors (Lipinski definition) is 2. The maximum absolute atomic E-state index is 12.3. The summed E-state index contributed by atoms with van der Waals surface area (Å²) in [7, 11) is 0. The number of fused-ring (bicyclic) bond motifs is 1. The van der Waals surface area contributed by atoms with E-state index in [-0.39, 0.29) is 11.7 Å². The standard InChI is InChI=1S/C17H18N2O2/c1-11(20)13-9-16(18-10-13)17(21)19-15-8-4-6-12-5-2-3-7-14(12)15/h4,6,8-10,18H,2-3,5,7H2,1H3,(H,19,21). The van der Waals surface area contributed by atoms with Gasteiger partial charge in [0.15, 0.2) is 5.78 Å². The maximum atomic E-state index is 12.3. The molecule has 1 aromatic heterocycles. The minimum absolute atomic E-state index is 0.0533. The van der Waals surface area contributed by atoms with Gasteiger partial charge in [0.25, 0.3) is 5.91 Å². The normalized spacial score (nSPS) is 13.6. The third kappa shape index (κ3) is 2.75. The zero-order valence-corrected chi connectivity index (χ0v) is 12.0. The third-order valence-electron chi connectivity index (χ3n) is 3.98. The second kappa shape index (κ2) is 5.56. The molecule has 0 bridgehead atoms. The van der Waals surface area contributed by atoms with Gasteiger partial charge in [-0.15, -0.1) is 0 Å². The number of amides is 1. The number of H-pyrrole nitrogens is 1. The first-order chi connectivity index (χ1) is 10.1. The molecule has 1 aliphatic carbocycles. The number of nitrogens with one attached hydrogen (secondary N) is 2. The molecule has 0 fully saturated rings. The van der Waals surface area contributed by atoms with Crippen LogP contribution in [0.4, 0.5) is 5.69 Å². The molecule has 1 heterocycles. The molecule has 2 N–H and O–H groups in total. The van der Waals surface area contributed by atoms with E-state index in [1.165, 1.54) is 24.5 Å². The molecule has 2 aromatic rings. The van der Waals surface area contributed by atoms with E-state index in [2.05, 4.69) is 16.4 Å². The van der Waals surface area contributed by atoms with Gasteiger partial charge in [-0.3, -0.25) is 9.59 Å². The monoisotopic (exact) mass is 282 g/mol. The Morgan fingerprint density at radius 1 is 1.19 bits per heavy atom. The summed E-state index contributed by atoms with van der Waals surface area (Å²) in [5.41, 5.74) is 4.39. The summed E-state index contributed by atoms with van der Waals surface area (Å²) in [5.74, 6) is -0.260. The Balaban J connectivity index is 1.83. The summed E-state index contributed by atoms with van der Waals surface area (Å²) in [5, 5.41) is 2.96. The first-order valence-corrected chi connectivity index (χ1v) is 7.26. The molecule has 4 heteroatoms. The summed E-state index contributed by atoms with van der Waals surface area (Å²) in [4.78, 5) is 26.4. The van der Waals surface area contributed by atoms with E-state index >= 15 is 0 Å². The largest absolute Gasteiger partial charge is 0.356 e. The molecule has 1 aliphatic rings. The van der Waals surface area contributed by atoms with Gasteiger partial charge in [0.2, 0.25) is 0 Å². The highest BCUT2D eigenvalue weighted by molar-refractivity contribution is 6.05. The molecule has 0 radical (unpaired) electrons. The third-order valence-corrected chi connectivity index (χ3v) is 3.98. The van der Waals surface area contributed by atoms with E-state index in [0.717, 1.165) is 24.9 Å². The molecule has 0 spiro atoms. The van der Waals surface area contributed by atoms with Crippen molar-refractivity contribution in [3.8, 4) is 0 Å². The van der Waals surface area contributed by atoms with E-state index in [4.69, 9.17) is 0 Å². The minimum atomic E-state index is -0.207. The van der Waals surface area contributed by atoms with Crippen LogP contribution < -0.4 is 5.32 Å². The lowest BCUT2D eigenvalue weighted by Gasteiger charge is -2.19. The van der Waals surface area contributed by atoms with Crippen LogP contribution in [-0.2, 0) is 12.8 Å². The van der Waals surface area contributed by atoms with Crippen molar-refractivity contribution in [2.45, 2.75) is 32.6 Å². The zero-order valence-electron chi connectivity index (χ0n) is 12.0. The highest BCUT2D eigenvalue weighted by Crippen LogP contribution is 2.28. The van der Waals surface area contributed by atoms with Gasteiger partial charge in [0.05, 0.1) is 0 Å². The van der Waals surface area contributed by atoms with Gasteiger partial charge >= 0.3 is 0 Å². The quantitative estimate of drug-likeness (QED) is 0.848. The lowest BCUT2D eigenvalue weighted by Crippen LogP contribution is -2.15. The fourth-order valence-electron chi connectivity index (χ4n) is 2.82. The summed E-state index contributed by atoms with van der Waals surface area (Å²) < 4.78 is 0. The number of benzene rings is 1. The van der Waals surface area contributed by atoms with Crippen molar-refractivity contribution in [3.63, 3.8) is 0 Å². The van der Waals surface area contributed by atoms with Gasteiger partial charge in [0.1, 0.15) is 5.69 Å². The van der Waals surface area contributed by atoms with Crippen LogP contribution in [0.2, 0.25) is 0 Å². The summed E-state index contributed by atoms with van der Waals surface area (Å²) in [6.07, 6.45) is 6.03. The van der Waals surface area contributed by atoms with Crippen molar-refractivity contribution in [1.82, 2.24) is 4.98 Å². The van der Waals surface area contributed by atoms with E-state index in [9.17, 15) is 9.59 Å². The number of aryl methyl sites for hydroxylation is 1. The van der Waals surface area contributed by atoms with Crippen LogP contribution in [0.3, 0.4) is 0 Å². The lowest BCUT2D eigenvalue weighted by atomic mass is 9.90. The van der Waals surface area contributed by atoms with Crippen molar-refractivity contribution in [2.24, 2.45) is 0 Å². The van der Waals surface area contributed by atoms with E-state index in [1.54, 1.807) is 12.3 Å². The number of rotatable bonds is 3. The number of ketones is 1.